The number of nitrogens with two attached hydrogens (primary N) is 1. The van der Waals surface area contributed by atoms with Gasteiger partial charge < -0.3 is 4.74 Å². The summed E-state index contributed by atoms with van der Waals surface area (Å²) in [6.45, 7) is 9.40. The van der Waals surface area contributed by atoms with Crippen LogP contribution in [0, 0.1) is 11.8 Å². The van der Waals surface area contributed by atoms with Crippen molar-refractivity contribution < 1.29 is 4.74 Å². The molecule has 0 bridgehead atoms. The first-order valence-corrected chi connectivity index (χ1v) is 7.16. The molecule has 0 amide bonds. The van der Waals surface area contributed by atoms with Crippen LogP contribution in [0.5, 0.6) is 0 Å². The predicted molar refractivity (Wildman–Crippen MR) is 72.6 cm³/mol. The first kappa shape index (κ1) is 14.9. The molecular formula is C14H30N2O. The van der Waals surface area contributed by atoms with Crippen molar-refractivity contribution in [2.75, 3.05) is 6.61 Å². The van der Waals surface area contributed by atoms with Crippen molar-refractivity contribution in [3.8, 4) is 0 Å². The zero-order valence-electron chi connectivity index (χ0n) is 12.0. The molecule has 1 aliphatic carbocycles. The van der Waals surface area contributed by atoms with Crippen molar-refractivity contribution in [1.29, 1.82) is 0 Å². The first-order chi connectivity index (χ1) is 8.06. The zero-order chi connectivity index (χ0) is 12.9. The molecule has 102 valence electrons. The Kier molecular flexibility index (Phi) is 5.90. The highest BCUT2D eigenvalue weighted by Gasteiger charge is 2.39. The minimum absolute atomic E-state index is 0.182. The lowest BCUT2D eigenvalue weighted by atomic mass is 9.70. The maximum atomic E-state index is 5.89. The summed E-state index contributed by atoms with van der Waals surface area (Å²) in [7, 11) is 0. The maximum absolute atomic E-state index is 5.89. The number of rotatable bonds is 6. The van der Waals surface area contributed by atoms with Crippen LogP contribution in [0.25, 0.3) is 0 Å². The zero-order valence-corrected chi connectivity index (χ0v) is 12.0. The summed E-state index contributed by atoms with van der Waals surface area (Å²) in [5.74, 6) is 7.26. The summed E-state index contributed by atoms with van der Waals surface area (Å²) in [6, 6.07) is 0.257. The first-order valence-electron chi connectivity index (χ1n) is 7.16. The Labute approximate surface area is 106 Å². The maximum Gasteiger partial charge on any atom is 0.0794 e. The Morgan fingerprint density at radius 2 is 1.94 bits per heavy atom. The molecule has 0 spiro atoms. The van der Waals surface area contributed by atoms with Crippen LogP contribution >= 0.6 is 0 Å². The summed E-state index contributed by atoms with van der Waals surface area (Å²) in [5.41, 5.74) is 2.85. The Morgan fingerprint density at radius 3 is 2.47 bits per heavy atom. The van der Waals surface area contributed by atoms with Crippen LogP contribution in [0.2, 0.25) is 0 Å². The van der Waals surface area contributed by atoms with Crippen molar-refractivity contribution in [2.24, 2.45) is 17.7 Å². The summed E-state index contributed by atoms with van der Waals surface area (Å²) in [4.78, 5) is 0. The fourth-order valence-corrected chi connectivity index (χ4v) is 3.48. The number of hydrogen-bond acceptors (Lipinski definition) is 3. The number of hydrazine groups is 1. The Balaban J connectivity index is 2.76. The Hall–Kier alpha value is -0.120. The second kappa shape index (κ2) is 6.72. The van der Waals surface area contributed by atoms with E-state index in [1.807, 2.05) is 6.92 Å². The van der Waals surface area contributed by atoms with Crippen molar-refractivity contribution in [2.45, 2.75) is 71.4 Å². The lowest BCUT2D eigenvalue weighted by molar-refractivity contribution is -0.0656. The van der Waals surface area contributed by atoms with Gasteiger partial charge in [-0.1, -0.05) is 32.6 Å². The van der Waals surface area contributed by atoms with E-state index in [4.69, 9.17) is 10.6 Å². The molecule has 0 heterocycles. The molecule has 1 aliphatic rings. The van der Waals surface area contributed by atoms with Crippen molar-refractivity contribution in [1.82, 2.24) is 5.43 Å². The van der Waals surface area contributed by atoms with E-state index >= 15 is 0 Å². The normalized spacial score (nSPS) is 28.1. The highest BCUT2D eigenvalue weighted by atomic mass is 16.5. The van der Waals surface area contributed by atoms with Gasteiger partial charge in [-0.05, 0) is 39.0 Å². The second-order valence-electron chi connectivity index (χ2n) is 5.80. The molecule has 3 heteroatoms. The van der Waals surface area contributed by atoms with E-state index in [0.29, 0.717) is 5.92 Å². The number of nitrogens with one attached hydrogen (secondary N) is 1. The lowest BCUT2D eigenvalue weighted by Gasteiger charge is -2.44. The van der Waals surface area contributed by atoms with Crippen LogP contribution in [-0.2, 0) is 4.74 Å². The van der Waals surface area contributed by atoms with Gasteiger partial charge in [-0.2, -0.15) is 0 Å². The van der Waals surface area contributed by atoms with Crippen LogP contribution < -0.4 is 11.3 Å². The molecule has 0 saturated heterocycles. The molecule has 17 heavy (non-hydrogen) atoms. The third-order valence-electron chi connectivity index (χ3n) is 4.37. The smallest absolute Gasteiger partial charge is 0.0794 e. The molecule has 3 atom stereocenters. The SMILES string of the molecule is CCOC(C)(C)C(NN)C1CCCCC1CC. The third-order valence-corrected chi connectivity index (χ3v) is 4.37. The Morgan fingerprint density at radius 1 is 1.29 bits per heavy atom. The molecule has 1 fully saturated rings. The van der Waals surface area contributed by atoms with Crippen LogP contribution in [0.15, 0.2) is 0 Å². The van der Waals surface area contributed by atoms with E-state index < -0.39 is 0 Å². The quantitative estimate of drug-likeness (QED) is 0.556. The predicted octanol–water partition coefficient (Wildman–Crippen LogP) is 2.85. The van der Waals surface area contributed by atoms with Crippen molar-refractivity contribution in [3.05, 3.63) is 0 Å². The van der Waals surface area contributed by atoms with Gasteiger partial charge in [0, 0.05) is 6.61 Å². The average Bonchev–Trinajstić information content (AvgIpc) is 2.30. The monoisotopic (exact) mass is 242 g/mol. The highest BCUT2D eigenvalue weighted by molar-refractivity contribution is 4.93. The summed E-state index contributed by atoms with van der Waals surface area (Å²) in [6.07, 6.45) is 6.60. The molecule has 0 aliphatic heterocycles. The summed E-state index contributed by atoms with van der Waals surface area (Å²) >= 11 is 0. The lowest BCUT2D eigenvalue weighted by Crippen LogP contribution is -2.57. The summed E-state index contributed by atoms with van der Waals surface area (Å²) < 4.78 is 5.89. The molecule has 0 aromatic rings. The molecule has 0 aromatic carbocycles. The van der Waals surface area contributed by atoms with Gasteiger partial charge in [-0.15, -0.1) is 0 Å². The van der Waals surface area contributed by atoms with Gasteiger partial charge in [0.25, 0.3) is 0 Å². The van der Waals surface area contributed by atoms with Gasteiger partial charge >= 0.3 is 0 Å². The molecular weight excluding hydrogens is 212 g/mol. The van der Waals surface area contributed by atoms with E-state index in [2.05, 4.69) is 26.2 Å². The number of hydrogen-bond donors (Lipinski definition) is 2. The molecule has 3 nitrogen and oxygen atoms in total. The van der Waals surface area contributed by atoms with Gasteiger partial charge in [0.05, 0.1) is 11.6 Å². The van der Waals surface area contributed by atoms with Crippen LogP contribution in [-0.4, -0.2) is 18.2 Å². The minimum Gasteiger partial charge on any atom is -0.374 e. The minimum atomic E-state index is -0.182. The van der Waals surface area contributed by atoms with E-state index in [9.17, 15) is 0 Å². The van der Waals surface area contributed by atoms with Crippen molar-refractivity contribution in [3.63, 3.8) is 0 Å². The Bertz CT molecular complexity index is 218. The molecule has 1 rings (SSSR count). The van der Waals surface area contributed by atoms with Gasteiger partial charge in [0.2, 0.25) is 0 Å². The topological polar surface area (TPSA) is 47.3 Å². The molecule has 3 N–H and O–H groups in total. The fourth-order valence-electron chi connectivity index (χ4n) is 3.48. The van der Waals surface area contributed by atoms with Crippen LogP contribution in [0.1, 0.15) is 59.8 Å². The van der Waals surface area contributed by atoms with Crippen LogP contribution in [0.3, 0.4) is 0 Å². The van der Waals surface area contributed by atoms with Gasteiger partial charge in [-0.25, -0.2) is 0 Å². The van der Waals surface area contributed by atoms with E-state index in [0.717, 1.165) is 12.5 Å². The summed E-state index contributed by atoms with van der Waals surface area (Å²) in [5, 5.41) is 0. The largest absolute Gasteiger partial charge is 0.374 e. The van der Waals surface area contributed by atoms with Gasteiger partial charge in [0.15, 0.2) is 0 Å². The molecule has 0 aromatic heterocycles. The second-order valence-corrected chi connectivity index (χ2v) is 5.80. The average molecular weight is 242 g/mol. The molecule has 0 radical (unpaired) electrons. The fraction of sp³-hybridized carbons (Fsp3) is 1.00. The van der Waals surface area contributed by atoms with E-state index in [1.165, 1.54) is 32.1 Å². The van der Waals surface area contributed by atoms with Crippen LogP contribution in [0.4, 0.5) is 0 Å². The highest BCUT2D eigenvalue weighted by Crippen LogP contribution is 2.38. The van der Waals surface area contributed by atoms with Gasteiger partial charge in [-0.3, -0.25) is 11.3 Å². The number of ether oxygens (including phenoxy) is 1. The standard InChI is InChI=1S/C14H30N2O/c1-5-11-9-7-8-10-12(11)13(16-15)14(3,4)17-6-2/h11-13,16H,5-10,15H2,1-4H3. The van der Waals surface area contributed by atoms with Gasteiger partial charge in [0.1, 0.15) is 0 Å². The third kappa shape index (κ3) is 3.67. The molecule has 3 unspecified atom stereocenters. The van der Waals surface area contributed by atoms with E-state index in [1.54, 1.807) is 0 Å². The van der Waals surface area contributed by atoms with E-state index in [-0.39, 0.29) is 11.6 Å². The van der Waals surface area contributed by atoms with Crippen molar-refractivity contribution >= 4 is 0 Å². The molecule has 1 saturated carbocycles.